The van der Waals surface area contributed by atoms with Crippen LogP contribution in [0.25, 0.3) is 0 Å². The molecular formula is C12H19N. The van der Waals surface area contributed by atoms with E-state index in [4.69, 9.17) is 0 Å². The van der Waals surface area contributed by atoms with Crippen molar-refractivity contribution in [3.05, 3.63) is 29.6 Å². The maximum Gasteiger partial charge on any atom is 0.0462 e. The molecule has 0 aliphatic carbocycles. The Balaban J connectivity index is 3.01. The summed E-state index contributed by atoms with van der Waals surface area (Å²) in [6, 6.07) is 4.32. The van der Waals surface area contributed by atoms with E-state index in [1.165, 1.54) is 11.3 Å². The van der Waals surface area contributed by atoms with E-state index < -0.39 is 0 Å². The second kappa shape index (κ2) is 3.91. The van der Waals surface area contributed by atoms with Crippen LogP contribution in [0.5, 0.6) is 0 Å². The Morgan fingerprint density at radius 2 is 2.00 bits per heavy atom. The van der Waals surface area contributed by atoms with Gasteiger partial charge in [0.2, 0.25) is 0 Å². The Kier molecular flexibility index (Phi) is 3.07. The zero-order valence-electron chi connectivity index (χ0n) is 9.09. The molecule has 0 spiro atoms. The molecule has 0 aliphatic rings. The number of hydrogen-bond donors (Lipinski definition) is 0. The summed E-state index contributed by atoms with van der Waals surface area (Å²) >= 11 is 0. The number of hydrogen-bond acceptors (Lipinski definition) is 1. The lowest BCUT2D eigenvalue weighted by atomic mass is 9.85. The topological polar surface area (TPSA) is 12.9 Å². The van der Waals surface area contributed by atoms with E-state index in [0.717, 1.165) is 12.8 Å². The highest BCUT2D eigenvalue weighted by atomic mass is 14.7. The molecule has 0 atom stereocenters. The summed E-state index contributed by atoms with van der Waals surface area (Å²) in [6.07, 6.45) is 4.15. The second-order valence-electron chi connectivity index (χ2n) is 4.14. The summed E-state index contributed by atoms with van der Waals surface area (Å²) in [7, 11) is 0. The number of nitrogens with zero attached hydrogens (tertiary/aromatic N) is 1. The van der Waals surface area contributed by atoms with Crippen molar-refractivity contribution in [3.8, 4) is 0 Å². The van der Waals surface area contributed by atoms with Gasteiger partial charge in [0.15, 0.2) is 0 Å². The predicted molar refractivity (Wildman–Crippen MR) is 56.9 cm³/mol. The van der Waals surface area contributed by atoms with Crippen LogP contribution in [0.15, 0.2) is 18.3 Å². The Morgan fingerprint density at radius 3 is 2.54 bits per heavy atom. The molecule has 72 valence electrons. The van der Waals surface area contributed by atoms with E-state index in [2.05, 4.69) is 44.8 Å². The third-order valence-electron chi connectivity index (χ3n) is 2.81. The van der Waals surface area contributed by atoms with Crippen LogP contribution >= 0.6 is 0 Å². The molecule has 0 bridgehead atoms. The molecule has 1 heterocycles. The summed E-state index contributed by atoms with van der Waals surface area (Å²) < 4.78 is 0. The molecule has 0 saturated carbocycles. The van der Waals surface area contributed by atoms with Gasteiger partial charge in [0, 0.05) is 17.3 Å². The fourth-order valence-electron chi connectivity index (χ4n) is 1.25. The first-order chi connectivity index (χ1) is 6.10. The molecule has 0 unspecified atom stereocenters. The molecule has 1 nitrogen and oxygen atoms in total. The van der Waals surface area contributed by atoms with Gasteiger partial charge in [-0.15, -0.1) is 0 Å². The van der Waals surface area contributed by atoms with Gasteiger partial charge >= 0.3 is 0 Å². The highest BCUT2D eigenvalue weighted by Gasteiger charge is 2.19. The van der Waals surface area contributed by atoms with Crippen LogP contribution in [0.2, 0.25) is 0 Å². The van der Waals surface area contributed by atoms with Crippen molar-refractivity contribution in [3.63, 3.8) is 0 Å². The molecule has 0 amide bonds. The second-order valence-corrected chi connectivity index (χ2v) is 4.14. The Labute approximate surface area is 81.2 Å². The predicted octanol–water partition coefficient (Wildman–Crippen LogP) is 3.33. The van der Waals surface area contributed by atoms with Crippen molar-refractivity contribution in [2.24, 2.45) is 0 Å². The molecule has 0 aliphatic heterocycles. The molecule has 0 fully saturated rings. The van der Waals surface area contributed by atoms with E-state index >= 15 is 0 Å². The van der Waals surface area contributed by atoms with E-state index in [1.54, 1.807) is 0 Å². The van der Waals surface area contributed by atoms with Gasteiger partial charge in [0.05, 0.1) is 0 Å². The van der Waals surface area contributed by atoms with E-state index in [1.807, 2.05) is 6.20 Å². The van der Waals surface area contributed by atoms with Gasteiger partial charge in [0.25, 0.3) is 0 Å². The summed E-state index contributed by atoms with van der Waals surface area (Å²) in [5.74, 6) is 0. The van der Waals surface area contributed by atoms with Crippen molar-refractivity contribution >= 4 is 0 Å². The number of aryl methyl sites for hydroxylation is 1. The van der Waals surface area contributed by atoms with Crippen LogP contribution < -0.4 is 0 Å². The van der Waals surface area contributed by atoms with Crippen LogP contribution in [0.4, 0.5) is 0 Å². The first-order valence-corrected chi connectivity index (χ1v) is 5.05. The number of pyridine rings is 1. The van der Waals surface area contributed by atoms with Gasteiger partial charge in [-0.2, -0.15) is 0 Å². The summed E-state index contributed by atoms with van der Waals surface area (Å²) in [4.78, 5) is 4.43. The van der Waals surface area contributed by atoms with Gasteiger partial charge < -0.3 is 0 Å². The summed E-state index contributed by atoms with van der Waals surface area (Å²) in [5, 5.41) is 0. The monoisotopic (exact) mass is 177 g/mol. The standard InChI is InChI=1S/C12H19N/c1-5-10-7-8-13-11(9-10)12(3,4)6-2/h7-9H,5-6H2,1-4H3. The molecule has 1 aromatic heterocycles. The maximum absolute atomic E-state index is 4.43. The smallest absolute Gasteiger partial charge is 0.0462 e. The fraction of sp³-hybridized carbons (Fsp3) is 0.583. The van der Waals surface area contributed by atoms with Crippen molar-refractivity contribution in [1.82, 2.24) is 4.98 Å². The van der Waals surface area contributed by atoms with E-state index in [9.17, 15) is 0 Å². The quantitative estimate of drug-likeness (QED) is 0.690. The van der Waals surface area contributed by atoms with Crippen LogP contribution in [0, 0.1) is 0 Å². The van der Waals surface area contributed by atoms with Gasteiger partial charge in [0.1, 0.15) is 0 Å². The third kappa shape index (κ3) is 2.30. The highest BCUT2D eigenvalue weighted by Crippen LogP contribution is 2.25. The zero-order valence-corrected chi connectivity index (χ0v) is 9.09. The molecule has 1 rings (SSSR count). The zero-order chi connectivity index (χ0) is 9.90. The van der Waals surface area contributed by atoms with E-state index in [-0.39, 0.29) is 5.41 Å². The van der Waals surface area contributed by atoms with Crippen molar-refractivity contribution < 1.29 is 0 Å². The number of aromatic nitrogens is 1. The fourth-order valence-corrected chi connectivity index (χ4v) is 1.25. The largest absolute Gasteiger partial charge is 0.261 e. The molecule has 0 N–H and O–H groups in total. The van der Waals surface area contributed by atoms with Gasteiger partial charge in [-0.3, -0.25) is 4.98 Å². The van der Waals surface area contributed by atoms with Gasteiger partial charge in [-0.05, 0) is 30.5 Å². The minimum Gasteiger partial charge on any atom is -0.261 e. The first kappa shape index (κ1) is 10.2. The maximum atomic E-state index is 4.43. The molecule has 0 aromatic carbocycles. The van der Waals surface area contributed by atoms with Crippen molar-refractivity contribution in [2.75, 3.05) is 0 Å². The average Bonchev–Trinajstić information content (AvgIpc) is 2.18. The average molecular weight is 177 g/mol. The summed E-state index contributed by atoms with van der Waals surface area (Å²) in [6.45, 7) is 8.88. The molecular weight excluding hydrogens is 158 g/mol. The molecule has 0 saturated heterocycles. The minimum atomic E-state index is 0.213. The van der Waals surface area contributed by atoms with Crippen LogP contribution in [0.3, 0.4) is 0 Å². The molecule has 0 radical (unpaired) electrons. The van der Waals surface area contributed by atoms with Crippen molar-refractivity contribution in [1.29, 1.82) is 0 Å². The normalized spacial score (nSPS) is 11.7. The first-order valence-electron chi connectivity index (χ1n) is 5.05. The number of rotatable bonds is 3. The van der Waals surface area contributed by atoms with Crippen LogP contribution in [-0.4, -0.2) is 4.98 Å². The molecule has 1 aromatic rings. The van der Waals surface area contributed by atoms with Gasteiger partial charge in [-0.1, -0.05) is 27.7 Å². The molecule has 1 heteroatoms. The lowest BCUT2D eigenvalue weighted by molar-refractivity contribution is 0.490. The Bertz CT molecular complexity index is 276. The lowest BCUT2D eigenvalue weighted by Crippen LogP contribution is -2.17. The SMILES string of the molecule is CCc1ccnc(C(C)(C)CC)c1. The minimum absolute atomic E-state index is 0.213. The van der Waals surface area contributed by atoms with Crippen molar-refractivity contribution in [2.45, 2.75) is 46.0 Å². The van der Waals surface area contributed by atoms with Gasteiger partial charge in [-0.25, -0.2) is 0 Å². The highest BCUT2D eigenvalue weighted by molar-refractivity contribution is 5.21. The lowest BCUT2D eigenvalue weighted by Gasteiger charge is -2.22. The van der Waals surface area contributed by atoms with E-state index in [0.29, 0.717) is 0 Å². The van der Waals surface area contributed by atoms with Crippen LogP contribution in [0.1, 0.15) is 45.4 Å². The third-order valence-corrected chi connectivity index (χ3v) is 2.81. The summed E-state index contributed by atoms with van der Waals surface area (Å²) in [5.41, 5.74) is 2.81. The Morgan fingerprint density at radius 1 is 1.31 bits per heavy atom. The Hall–Kier alpha value is -0.850. The van der Waals surface area contributed by atoms with Crippen LogP contribution in [-0.2, 0) is 11.8 Å². The molecule has 13 heavy (non-hydrogen) atoms.